The number of aromatic nitrogens is 10. The number of amides is 4. The fourth-order valence-electron chi connectivity index (χ4n) is 7.48. The molecule has 22 nitrogen and oxygen atoms in total. The van der Waals surface area contributed by atoms with Gasteiger partial charge in [-0.2, -0.15) is 10.2 Å². The molecule has 0 saturated carbocycles. The Morgan fingerprint density at radius 2 is 1.28 bits per heavy atom. The molecule has 1 aliphatic heterocycles. The van der Waals surface area contributed by atoms with E-state index in [1.807, 2.05) is 26.0 Å². The molecule has 22 heteroatoms. The zero-order chi connectivity index (χ0) is 45.1. The smallest absolute Gasteiger partial charge is 0.438 e. The number of H-pyrrole nitrogens is 1. The summed E-state index contributed by atoms with van der Waals surface area (Å²) in [5.74, 6) is -1.22. The number of imidazole rings is 2. The van der Waals surface area contributed by atoms with E-state index in [-0.39, 0.29) is 55.9 Å². The first-order chi connectivity index (χ1) is 30.9. The Hall–Kier alpha value is -8.04. The van der Waals surface area contributed by atoms with E-state index in [9.17, 15) is 24.0 Å². The number of rotatable bonds is 12. The van der Waals surface area contributed by atoms with Crippen LogP contribution >= 0.6 is 0 Å². The lowest BCUT2D eigenvalue weighted by molar-refractivity contribution is 0.0950. The molecule has 0 unspecified atom stereocenters. The highest BCUT2D eigenvalue weighted by Gasteiger charge is 2.24. The van der Waals surface area contributed by atoms with Gasteiger partial charge >= 0.3 is 5.76 Å². The summed E-state index contributed by atoms with van der Waals surface area (Å²) in [4.78, 5) is 77.0. The number of hydrogen-bond donors (Lipinski definition) is 5. The van der Waals surface area contributed by atoms with Crippen LogP contribution < -0.4 is 36.9 Å². The minimum Gasteiger partial charge on any atom is -0.491 e. The predicted octanol–water partition coefficient (Wildman–Crippen LogP) is 3.50. The third-order valence-corrected chi connectivity index (χ3v) is 10.4. The van der Waals surface area contributed by atoms with Gasteiger partial charge in [-0.3, -0.25) is 48.7 Å². The second kappa shape index (κ2) is 18.1. The first-order valence-electron chi connectivity index (χ1n) is 20.7. The lowest BCUT2D eigenvalue weighted by Gasteiger charge is -2.14. The Balaban J connectivity index is 1.17. The second-order valence-corrected chi connectivity index (χ2v) is 14.9. The van der Waals surface area contributed by atoms with Crippen LogP contribution in [0.3, 0.4) is 0 Å². The molecule has 0 saturated heterocycles. The predicted molar refractivity (Wildman–Crippen MR) is 232 cm³/mol. The number of allylic oxidation sites excluding steroid dienone is 2. The number of nitrogens with one attached hydrogen (secondary N) is 4. The first-order valence-corrected chi connectivity index (χ1v) is 20.7. The fourth-order valence-corrected chi connectivity index (χ4v) is 7.48. The summed E-state index contributed by atoms with van der Waals surface area (Å²) in [5, 5.41) is 21.3. The maximum absolute atomic E-state index is 13.8. The molecule has 0 fully saturated rings. The maximum Gasteiger partial charge on any atom is 0.438 e. The first kappa shape index (κ1) is 42.6. The van der Waals surface area contributed by atoms with Crippen LogP contribution in [0.25, 0.3) is 22.1 Å². The molecular formula is C42H46N14O8. The van der Waals surface area contributed by atoms with Crippen LogP contribution in [-0.2, 0) is 32.6 Å². The van der Waals surface area contributed by atoms with E-state index in [0.717, 1.165) is 0 Å². The largest absolute Gasteiger partial charge is 0.491 e. The maximum atomic E-state index is 13.8. The van der Waals surface area contributed by atoms with E-state index in [2.05, 4.69) is 40.8 Å². The van der Waals surface area contributed by atoms with Crippen LogP contribution in [0.1, 0.15) is 85.6 Å². The van der Waals surface area contributed by atoms with Crippen molar-refractivity contribution in [3.05, 3.63) is 98.8 Å². The molecule has 0 atom stereocenters. The third kappa shape index (κ3) is 8.82. The Morgan fingerprint density at radius 3 is 1.78 bits per heavy atom. The molecule has 64 heavy (non-hydrogen) atoms. The van der Waals surface area contributed by atoms with Crippen LogP contribution in [0.4, 0.5) is 11.9 Å². The van der Waals surface area contributed by atoms with Crippen LogP contribution in [0, 0.1) is 13.8 Å². The number of carbonyl (C=O) groups excluding carboxylic acids is 4. The Labute approximate surface area is 363 Å². The summed E-state index contributed by atoms with van der Waals surface area (Å²) < 4.78 is 24.0. The number of nitrogens with zero attached hydrogens (tertiary/aromatic N) is 9. The highest BCUT2D eigenvalue weighted by molar-refractivity contribution is 6.05. The third-order valence-electron chi connectivity index (χ3n) is 10.4. The van der Waals surface area contributed by atoms with Gasteiger partial charge in [0.15, 0.2) is 5.82 Å². The van der Waals surface area contributed by atoms with Gasteiger partial charge in [-0.05, 0) is 70.5 Å². The van der Waals surface area contributed by atoms with Gasteiger partial charge in [-0.15, -0.1) is 0 Å². The minimum atomic E-state index is -0.685. The number of aryl methyl sites for hydroxylation is 5. The van der Waals surface area contributed by atoms with E-state index in [1.54, 1.807) is 68.7 Å². The quantitative estimate of drug-likeness (QED) is 0.0870. The van der Waals surface area contributed by atoms with Crippen LogP contribution in [0.5, 0.6) is 11.5 Å². The molecular weight excluding hydrogens is 829 g/mol. The number of aromatic amines is 1. The Morgan fingerprint density at radius 1 is 0.750 bits per heavy atom. The van der Waals surface area contributed by atoms with Gasteiger partial charge in [-0.1, -0.05) is 17.3 Å². The van der Waals surface area contributed by atoms with Crippen molar-refractivity contribution in [3.8, 4) is 11.5 Å². The average Bonchev–Trinajstić information content (AvgIpc) is 4.10. The molecule has 332 valence electrons. The average molecular weight is 875 g/mol. The van der Waals surface area contributed by atoms with Gasteiger partial charge in [0.2, 0.25) is 17.8 Å². The SMILES string of the molecule is CCn1nc(C)cc1C(=O)Nc1nc2cc(C(N)=O)cc3c2n1C/C=C/Cn1c(NC(=O)c2cc(C)nn2CC)nc2cc(C(=O)NCCCc4noc(=O)[nH]4)cc(c21)OCCCO3. The van der Waals surface area contributed by atoms with Crippen molar-refractivity contribution in [1.82, 2.24) is 54.1 Å². The van der Waals surface area contributed by atoms with Gasteiger partial charge in [0, 0.05) is 56.7 Å². The van der Waals surface area contributed by atoms with E-state index in [0.29, 0.717) is 94.5 Å². The molecule has 7 aromatic rings. The number of nitrogens with two attached hydrogens (primary N) is 1. The lowest BCUT2D eigenvalue weighted by atomic mass is 10.1. The van der Waals surface area contributed by atoms with Gasteiger partial charge in [-0.25, -0.2) is 14.8 Å². The summed E-state index contributed by atoms with van der Waals surface area (Å²) in [5.41, 5.74) is 9.96. The summed E-state index contributed by atoms with van der Waals surface area (Å²) in [6.07, 6.45) is 4.90. The molecule has 4 amide bonds. The standard InChI is InChI=1S/C42H46N14O8/c1-5-55-29(17-23(3)50-55)38(59)48-40-45-27-19-25(36(43)57)21-31-34(27)53(40)13-7-8-14-54-35-28(46-41(54)49-39(60)30-18-24(4)51-56(30)6-2)20-26(22-32(35)63-16-10-15-62-31)37(58)44-12-9-11-33-47-42(61)64-52-33/h7-8,17-22H,5-6,9-16H2,1-4H3,(H2,43,57)(H,44,58)(H,45,48,59)(H,46,49,60)(H,47,52,61)/b8-7+. The number of anilines is 2. The Kier molecular flexibility index (Phi) is 12.1. The summed E-state index contributed by atoms with van der Waals surface area (Å²) in [6, 6.07) is 9.71. The normalized spacial score (nSPS) is 13.4. The van der Waals surface area contributed by atoms with Crippen molar-refractivity contribution < 1.29 is 33.2 Å². The number of primary amides is 1. The summed E-state index contributed by atoms with van der Waals surface area (Å²) in [7, 11) is 0. The molecule has 0 bridgehead atoms. The highest BCUT2D eigenvalue weighted by atomic mass is 16.5. The lowest BCUT2D eigenvalue weighted by Crippen LogP contribution is -2.25. The van der Waals surface area contributed by atoms with Crippen molar-refractivity contribution in [3.63, 3.8) is 0 Å². The molecule has 2 aromatic carbocycles. The van der Waals surface area contributed by atoms with Crippen LogP contribution in [-0.4, -0.2) is 92.2 Å². The molecule has 1 aliphatic rings. The number of ether oxygens (including phenoxy) is 2. The van der Waals surface area contributed by atoms with E-state index in [1.165, 1.54) is 0 Å². The van der Waals surface area contributed by atoms with Crippen LogP contribution in [0.15, 0.2) is 57.9 Å². The topological polar surface area (TPSA) is 279 Å². The van der Waals surface area contributed by atoms with Crippen molar-refractivity contribution in [2.24, 2.45) is 5.73 Å². The zero-order valence-electron chi connectivity index (χ0n) is 35.6. The van der Waals surface area contributed by atoms with Gasteiger partial charge in [0.1, 0.15) is 33.9 Å². The molecule has 6 heterocycles. The molecule has 6 N–H and O–H groups in total. The highest BCUT2D eigenvalue weighted by Crippen LogP contribution is 2.34. The molecule has 8 rings (SSSR count). The van der Waals surface area contributed by atoms with Crippen molar-refractivity contribution in [2.75, 3.05) is 30.4 Å². The van der Waals surface area contributed by atoms with Crippen molar-refractivity contribution >= 4 is 57.6 Å². The number of hydrogen-bond acceptors (Lipinski definition) is 13. The number of benzene rings is 2. The molecule has 5 aromatic heterocycles. The van der Waals surface area contributed by atoms with E-state index in [4.69, 9.17) is 25.2 Å². The van der Waals surface area contributed by atoms with Gasteiger partial charge < -0.3 is 29.7 Å². The van der Waals surface area contributed by atoms with E-state index < -0.39 is 29.4 Å². The fraction of sp³-hybridized carbons (Fsp3) is 0.333. The van der Waals surface area contributed by atoms with Crippen LogP contribution in [0.2, 0.25) is 0 Å². The minimum absolute atomic E-state index is 0.123. The molecule has 0 spiro atoms. The number of carbonyl (C=O) groups is 4. The zero-order valence-corrected chi connectivity index (χ0v) is 35.6. The van der Waals surface area contributed by atoms with E-state index >= 15 is 0 Å². The summed E-state index contributed by atoms with van der Waals surface area (Å²) in [6.45, 7) is 9.17. The van der Waals surface area contributed by atoms with Gasteiger partial charge in [0.25, 0.3) is 17.7 Å². The van der Waals surface area contributed by atoms with Crippen molar-refractivity contribution in [2.45, 2.75) is 73.1 Å². The summed E-state index contributed by atoms with van der Waals surface area (Å²) >= 11 is 0. The Bertz CT molecular complexity index is 3020. The second-order valence-electron chi connectivity index (χ2n) is 14.9. The van der Waals surface area contributed by atoms with Crippen molar-refractivity contribution in [1.29, 1.82) is 0 Å². The monoisotopic (exact) mass is 874 g/mol. The van der Waals surface area contributed by atoms with Gasteiger partial charge in [0.05, 0.1) is 35.6 Å². The molecule has 0 aliphatic carbocycles. The molecule has 0 radical (unpaired) electrons.